The number of hydrogen-bond donors (Lipinski definition) is 1. The molecule has 2 aromatic heterocycles. The van der Waals surface area contributed by atoms with Gasteiger partial charge in [0.2, 0.25) is 0 Å². The van der Waals surface area contributed by atoms with Crippen molar-refractivity contribution in [3.05, 3.63) is 51.6 Å². The predicted molar refractivity (Wildman–Crippen MR) is 87.0 cm³/mol. The summed E-state index contributed by atoms with van der Waals surface area (Å²) in [5.41, 5.74) is 4.42. The van der Waals surface area contributed by atoms with Crippen molar-refractivity contribution in [1.29, 1.82) is 5.26 Å². The highest BCUT2D eigenvalue weighted by atomic mass is 79.9. The van der Waals surface area contributed by atoms with Gasteiger partial charge in [-0.2, -0.15) is 5.26 Å². The van der Waals surface area contributed by atoms with Crippen LogP contribution in [0.2, 0.25) is 0 Å². The van der Waals surface area contributed by atoms with Gasteiger partial charge in [-0.05, 0) is 46.6 Å². The lowest BCUT2D eigenvalue weighted by atomic mass is 10.2. The Kier molecular flexibility index (Phi) is 3.95. The van der Waals surface area contributed by atoms with Crippen LogP contribution in [-0.2, 0) is 5.75 Å². The molecule has 21 heavy (non-hydrogen) atoms. The Labute approximate surface area is 134 Å². The number of thioether (sulfide) groups is 1. The lowest BCUT2D eigenvalue weighted by Gasteiger charge is -1.98. The molecule has 1 aromatic carbocycles. The van der Waals surface area contributed by atoms with Crippen LogP contribution in [0.5, 0.6) is 0 Å². The van der Waals surface area contributed by atoms with E-state index in [4.69, 9.17) is 5.26 Å². The third-order valence-electron chi connectivity index (χ3n) is 3.04. The average molecular weight is 359 g/mol. The smallest absolute Gasteiger partial charge is 0.178 e. The number of nitriles is 1. The Morgan fingerprint density at radius 3 is 2.76 bits per heavy atom. The van der Waals surface area contributed by atoms with Crippen molar-refractivity contribution in [2.45, 2.75) is 17.8 Å². The molecular weight excluding hydrogens is 348 g/mol. The van der Waals surface area contributed by atoms with Gasteiger partial charge in [-0.1, -0.05) is 23.9 Å². The minimum Gasteiger partial charge on any atom is -0.331 e. The SMILES string of the molecule is Cc1nc2nc(SCc3ccc(C#N)cc3)[nH]c2cc1Br. The fourth-order valence-electron chi connectivity index (χ4n) is 1.88. The monoisotopic (exact) mass is 358 g/mol. The van der Waals surface area contributed by atoms with Crippen LogP contribution in [0, 0.1) is 18.3 Å². The molecular formula is C15H11BrN4S. The quantitative estimate of drug-likeness (QED) is 0.712. The molecule has 0 saturated carbocycles. The normalized spacial score (nSPS) is 10.7. The van der Waals surface area contributed by atoms with Crippen molar-refractivity contribution in [3.8, 4) is 6.07 Å². The molecule has 4 nitrogen and oxygen atoms in total. The highest BCUT2D eigenvalue weighted by Crippen LogP contribution is 2.25. The molecule has 0 unspecified atom stereocenters. The maximum Gasteiger partial charge on any atom is 0.178 e. The Morgan fingerprint density at radius 2 is 2.05 bits per heavy atom. The molecule has 0 saturated heterocycles. The lowest BCUT2D eigenvalue weighted by molar-refractivity contribution is 1.07. The van der Waals surface area contributed by atoms with Crippen LogP contribution in [0.4, 0.5) is 0 Å². The zero-order valence-corrected chi connectivity index (χ0v) is 13.6. The largest absolute Gasteiger partial charge is 0.331 e. The van der Waals surface area contributed by atoms with Gasteiger partial charge in [0.1, 0.15) is 0 Å². The van der Waals surface area contributed by atoms with E-state index in [0.29, 0.717) is 5.56 Å². The molecule has 1 N–H and O–H groups in total. The molecule has 3 aromatic rings. The summed E-state index contributed by atoms with van der Waals surface area (Å²) in [4.78, 5) is 12.2. The molecule has 0 aliphatic rings. The number of pyridine rings is 1. The third-order valence-corrected chi connectivity index (χ3v) is 4.79. The first-order valence-corrected chi connectivity index (χ1v) is 8.08. The third kappa shape index (κ3) is 3.09. The van der Waals surface area contributed by atoms with Gasteiger partial charge in [0.05, 0.1) is 22.8 Å². The lowest BCUT2D eigenvalue weighted by Crippen LogP contribution is -1.84. The molecule has 3 rings (SSSR count). The zero-order valence-electron chi connectivity index (χ0n) is 11.2. The number of imidazole rings is 1. The second-order valence-corrected chi connectivity index (χ2v) is 6.38. The molecule has 0 radical (unpaired) electrons. The van der Waals surface area contributed by atoms with Gasteiger partial charge in [0, 0.05) is 10.2 Å². The van der Waals surface area contributed by atoms with E-state index >= 15 is 0 Å². The summed E-state index contributed by atoms with van der Waals surface area (Å²) in [6.45, 7) is 1.95. The number of H-pyrrole nitrogens is 1. The van der Waals surface area contributed by atoms with Crippen molar-refractivity contribution < 1.29 is 0 Å². The Hall–Kier alpha value is -1.84. The summed E-state index contributed by atoms with van der Waals surface area (Å²) in [7, 11) is 0. The summed E-state index contributed by atoms with van der Waals surface area (Å²) < 4.78 is 0.974. The van der Waals surface area contributed by atoms with Gasteiger partial charge in [-0.25, -0.2) is 9.97 Å². The van der Waals surface area contributed by atoms with Gasteiger partial charge in [0.15, 0.2) is 10.8 Å². The number of aryl methyl sites for hydroxylation is 1. The summed E-state index contributed by atoms with van der Waals surface area (Å²) in [6.07, 6.45) is 0. The standard InChI is InChI=1S/C15H11BrN4S/c1-9-12(16)6-13-14(18-9)20-15(19-13)21-8-11-4-2-10(7-17)3-5-11/h2-6H,8H2,1H3,(H,18,19,20). The van der Waals surface area contributed by atoms with Crippen LogP contribution >= 0.6 is 27.7 Å². The number of nitrogens with zero attached hydrogens (tertiary/aromatic N) is 3. The maximum atomic E-state index is 8.78. The van der Waals surface area contributed by atoms with E-state index in [1.807, 2.05) is 37.3 Å². The minimum atomic E-state index is 0.678. The zero-order chi connectivity index (χ0) is 14.8. The first-order valence-electron chi connectivity index (χ1n) is 6.30. The number of rotatable bonds is 3. The number of fused-ring (bicyclic) bond motifs is 1. The number of nitrogens with one attached hydrogen (secondary N) is 1. The van der Waals surface area contributed by atoms with Crippen LogP contribution in [0.3, 0.4) is 0 Å². The maximum absolute atomic E-state index is 8.78. The van der Waals surface area contributed by atoms with E-state index < -0.39 is 0 Å². The van der Waals surface area contributed by atoms with Crippen molar-refractivity contribution in [1.82, 2.24) is 15.0 Å². The second kappa shape index (κ2) is 5.88. The molecule has 0 spiro atoms. The van der Waals surface area contributed by atoms with Crippen molar-refractivity contribution in [3.63, 3.8) is 0 Å². The summed E-state index contributed by atoms with van der Waals surface area (Å²) in [5, 5.41) is 9.63. The molecule has 0 bridgehead atoms. The average Bonchev–Trinajstić information content (AvgIpc) is 2.88. The Balaban J connectivity index is 1.77. The first kappa shape index (κ1) is 14.1. The first-order chi connectivity index (χ1) is 10.2. The van der Waals surface area contributed by atoms with Crippen LogP contribution in [-0.4, -0.2) is 15.0 Å². The molecule has 0 fully saturated rings. The molecule has 0 amide bonds. The number of aromatic nitrogens is 3. The second-order valence-electron chi connectivity index (χ2n) is 4.57. The fourth-order valence-corrected chi connectivity index (χ4v) is 3.03. The molecule has 104 valence electrons. The van der Waals surface area contributed by atoms with E-state index in [0.717, 1.165) is 37.8 Å². The van der Waals surface area contributed by atoms with E-state index in [2.05, 4.69) is 37.0 Å². The number of aromatic amines is 1. The van der Waals surface area contributed by atoms with Crippen molar-refractivity contribution >= 4 is 38.9 Å². The number of halogens is 1. The van der Waals surface area contributed by atoms with E-state index in [9.17, 15) is 0 Å². The van der Waals surface area contributed by atoms with Gasteiger partial charge in [-0.3, -0.25) is 0 Å². The number of hydrogen-bond acceptors (Lipinski definition) is 4. The molecule has 0 aliphatic carbocycles. The van der Waals surface area contributed by atoms with Crippen molar-refractivity contribution in [2.24, 2.45) is 0 Å². The topological polar surface area (TPSA) is 65.4 Å². The summed E-state index contributed by atoms with van der Waals surface area (Å²) in [5.74, 6) is 0.797. The van der Waals surface area contributed by atoms with Crippen molar-refractivity contribution in [2.75, 3.05) is 0 Å². The molecule has 0 aliphatic heterocycles. The fraction of sp³-hybridized carbons (Fsp3) is 0.133. The van der Waals surface area contributed by atoms with Crippen LogP contribution in [0.25, 0.3) is 11.2 Å². The van der Waals surface area contributed by atoms with Gasteiger partial charge in [0.25, 0.3) is 0 Å². The van der Waals surface area contributed by atoms with Gasteiger partial charge in [-0.15, -0.1) is 0 Å². The van der Waals surface area contributed by atoms with E-state index in [1.165, 1.54) is 0 Å². The van der Waals surface area contributed by atoms with Gasteiger partial charge < -0.3 is 4.98 Å². The van der Waals surface area contributed by atoms with Crippen LogP contribution < -0.4 is 0 Å². The van der Waals surface area contributed by atoms with Crippen LogP contribution in [0.1, 0.15) is 16.8 Å². The highest BCUT2D eigenvalue weighted by molar-refractivity contribution is 9.10. The summed E-state index contributed by atoms with van der Waals surface area (Å²) >= 11 is 5.09. The molecule has 6 heteroatoms. The molecule has 0 atom stereocenters. The molecule has 2 heterocycles. The minimum absolute atomic E-state index is 0.678. The Bertz CT molecular complexity index is 794. The summed E-state index contributed by atoms with van der Waals surface area (Å²) in [6, 6.07) is 11.7. The highest BCUT2D eigenvalue weighted by Gasteiger charge is 2.07. The van der Waals surface area contributed by atoms with Gasteiger partial charge >= 0.3 is 0 Å². The Morgan fingerprint density at radius 1 is 1.29 bits per heavy atom. The van der Waals surface area contributed by atoms with E-state index in [1.54, 1.807) is 11.8 Å². The number of benzene rings is 1. The van der Waals surface area contributed by atoms with Crippen LogP contribution in [0.15, 0.2) is 40.0 Å². The predicted octanol–water partition coefficient (Wildman–Crippen LogP) is 4.19. The van der Waals surface area contributed by atoms with E-state index in [-0.39, 0.29) is 0 Å².